The fraction of sp³-hybridized carbons (Fsp3) is 0.619. The number of esters is 2. The molecule has 6 aliphatic rings. The highest BCUT2D eigenvalue weighted by molar-refractivity contribution is 8.00. The van der Waals surface area contributed by atoms with Crippen LogP contribution in [0.2, 0.25) is 5.02 Å². The van der Waals surface area contributed by atoms with Crippen molar-refractivity contribution in [2.75, 3.05) is 18.7 Å². The number of rotatable bonds is 8. The lowest BCUT2D eigenvalue weighted by Gasteiger charge is -2.56. The molecule has 3 unspecified atom stereocenters. The number of fused-ring (bicyclic) bond motifs is 6. The molecule has 4 aliphatic heterocycles. The van der Waals surface area contributed by atoms with Gasteiger partial charge in [-0.15, -0.1) is 11.8 Å². The summed E-state index contributed by atoms with van der Waals surface area (Å²) in [5.74, 6) is -1.68. The molecular weight excluding hydrogens is 745 g/mol. The van der Waals surface area contributed by atoms with Gasteiger partial charge in [-0.05, 0) is 99.1 Å². The van der Waals surface area contributed by atoms with E-state index in [2.05, 4.69) is 23.2 Å². The Hall–Kier alpha value is -2.71. The zero-order valence-corrected chi connectivity index (χ0v) is 33.7. The van der Waals surface area contributed by atoms with Crippen molar-refractivity contribution in [1.29, 1.82) is 0 Å². The number of hydrogen-bond donors (Lipinski definition) is 3. The van der Waals surface area contributed by atoms with Gasteiger partial charge >= 0.3 is 11.9 Å². The van der Waals surface area contributed by atoms with Crippen molar-refractivity contribution >= 4 is 41.0 Å². The van der Waals surface area contributed by atoms with Crippen molar-refractivity contribution in [2.24, 2.45) is 23.7 Å². The lowest BCUT2D eigenvalue weighted by molar-refractivity contribution is -0.225. The molecule has 0 amide bonds. The minimum Gasteiger partial charge on any atom is -0.454 e. The van der Waals surface area contributed by atoms with Gasteiger partial charge in [-0.2, -0.15) is 0 Å². The fourth-order valence-corrected chi connectivity index (χ4v) is 12.6. The average molecular weight is 798 g/mol. The van der Waals surface area contributed by atoms with Gasteiger partial charge in [0.2, 0.25) is 0 Å². The van der Waals surface area contributed by atoms with Crippen molar-refractivity contribution in [1.82, 2.24) is 10.2 Å². The first-order chi connectivity index (χ1) is 26.2. The van der Waals surface area contributed by atoms with E-state index in [1.807, 2.05) is 37.7 Å². The van der Waals surface area contributed by atoms with E-state index in [0.717, 1.165) is 42.7 Å². The van der Waals surface area contributed by atoms with Gasteiger partial charge in [0.15, 0.2) is 18.4 Å². The number of halogens is 2. The summed E-state index contributed by atoms with van der Waals surface area (Å²) >= 11 is 8.35. The molecular formula is C42H53ClFN3O7S. The van der Waals surface area contributed by atoms with E-state index in [-0.39, 0.29) is 35.9 Å². The molecule has 2 aromatic carbocycles. The van der Waals surface area contributed by atoms with Crippen LogP contribution >= 0.6 is 23.4 Å². The second-order valence-corrected chi connectivity index (χ2v) is 18.8. The number of carbonyl (C=O) groups is 2. The van der Waals surface area contributed by atoms with E-state index < -0.39 is 47.6 Å². The molecule has 1 saturated carbocycles. The number of para-hydroxylation sites is 1. The van der Waals surface area contributed by atoms with Crippen molar-refractivity contribution in [2.45, 2.75) is 131 Å². The van der Waals surface area contributed by atoms with E-state index in [1.54, 1.807) is 25.2 Å². The van der Waals surface area contributed by atoms with Crippen molar-refractivity contribution in [3.8, 4) is 0 Å². The molecule has 3 saturated heterocycles. The number of ether oxygens (including phenoxy) is 2. The number of anilines is 1. The van der Waals surface area contributed by atoms with Crippen LogP contribution in [0.1, 0.15) is 78.2 Å². The van der Waals surface area contributed by atoms with Gasteiger partial charge in [0.05, 0.1) is 10.7 Å². The molecule has 0 aromatic heterocycles. The molecule has 298 valence electrons. The summed E-state index contributed by atoms with van der Waals surface area (Å²) in [4.78, 5) is 36.6. The minimum atomic E-state index is -1.57. The van der Waals surface area contributed by atoms with Crippen molar-refractivity contribution < 1.29 is 38.5 Å². The third-order valence-corrected chi connectivity index (χ3v) is 15.2. The number of nitrogens with one attached hydrogen (secondary N) is 1. The second kappa shape index (κ2) is 14.9. The number of piperidine rings is 1. The molecule has 0 spiro atoms. The molecule has 2 bridgehead atoms. The molecule has 8 rings (SSSR count). The predicted molar refractivity (Wildman–Crippen MR) is 208 cm³/mol. The number of hydrogen-bond acceptors (Lipinski definition) is 11. The summed E-state index contributed by atoms with van der Waals surface area (Å²) in [6.07, 6.45) is 5.09. The van der Waals surface area contributed by atoms with E-state index in [0.29, 0.717) is 33.6 Å². The highest BCUT2D eigenvalue weighted by Gasteiger charge is 2.62. The van der Waals surface area contributed by atoms with Gasteiger partial charge in [-0.3, -0.25) is 29.7 Å². The van der Waals surface area contributed by atoms with Gasteiger partial charge in [-0.1, -0.05) is 43.7 Å². The van der Waals surface area contributed by atoms with Crippen LogP contribution in [-0.4, -0.2) is 88.1 Å². The van der Waals surface area contributed by atoms with Crippen LogP contribution < -0.4 is 10.4 Å². The Morgan fingerprint density at radius 1 is 1.09 bits per heavy atom. The zero-order valence-electron chi connectivity index (χ0n) is 32.1. The third-order valence-electron chi connectivity index (χ3n) is 13.7. The van der Waals surface area contributed by atoms with Crippen LogP contribution in [0.3, 0.4) is 0 Å². The molecule has 10 nitrogen and oxygen atoms in total. The third kappa shape index (κ3) is 6.91. The second-order valence-electron chi connectivity index (χ2n) is 17.0. The summed E-state index contributed by atoms with van der Waals surface area (Å²) in [6.45, 7) is 8.39. The molecule has 55 heavy (non-hydrogen) atoms. The maximum Gasteiger partial charge on any atom is 0.323 e. The fourth-order valence-electron chi connectivity index (χ4n) is 11.0. The van der Waals surface area contributed by atoms with Crippen molar-refractivity contribution in [3.05, 3.63) is 70.5 Å². The van der Waals surface area contributed by atoms with Gasteiger partial charge < -0.3 is 19.7 Å². The van der Waals surface area contributed by atoms with Gasteiger partial charge in [0.1, 0.15) is 23.1 Å². The maximum absolute atomic E-state index is 14.2. The molecule has 0 radical (unpaired) electrons. The SMILES string of the molecule is CC(=O)O[C@@H]1C(C)=C[C@@H]2[C@H](C(C)CN3C4CCC3CC(Sc3ccc(F)cc3)C4)CC[C@@H](C)[C@]2(O)[C@H]1OC(=O)[C@@H]1C[C@@]2(O)c3cccc(Cl)c3N(C)O[C@H]2N1. The first kappa shape index (κ1) is 39.1. The summed E-state index contributed by atoms with van der Waals surface area (Å²) < 4.78 is 25.8. The Balaban J connectivity index is 1.01. The summed E-state index contributed by atoms with van der Waals surface area (Å²) in [6, 6.07) is 12.0. The van der Waals surface area contributed by atoms with Gasteiger partial charge in [0, 0.05) is 60.6 Å². The first-order valence-corrected chi connectivity index (χ1v) is 21.1. The number of carbonyl (C=O) groups excluding carboxylic acids is 2. The van der Waals surface area contributed by atoms with E-state index in [4.69, 9.17) is 25.9 Å². The molecule has 4 fully saturated rings. The Morgan fingerprint density at radius 2 is 1.80 bits per heavy atom. The minimum absolute atomic E-state index is 0.0457. The number of nitrogens with zero attached hydrogens (tertiary/aromatic N) is 2. The van der Waals surface area contributed by atoms with E-state index in [9.17, 15) is 24.2 Å². The zero-order chi connectivity index (χ0) is 39.0. The number of aliphatic hydroxyl groups is 2. The Labute approximate surface area is 332 Å². The number of benzene rings is 2. The van der Waals surface area contributed by atoms with E-state index >= 15 is 0 Å². The molecule has 12 atom stereocenters. The quantitative estimate of drug-likeness (QED) is 0.205. The smallest absolute Gasteiger partial charge is 0.323 e. The summed E-state index contributed by atoms with van der Waals surface area (Å²) in [7, 11) is 1.69. The molecule has 13 heteroatoms. The standard InChI is InChI=1S/C42H53ClFN3O7S/c1-22-17-33-31(23(2)21-47-27-12-13-28(47)19-30(18-27)55-29-14-10-26(44)11-15-29)16-9-24(3)42(33,51)38(37(22)52-25(4)48)53-39(49)35-20-41(50)32-7-6-8-34(43)36(32)46(5)54-40(41)45-35/h6-8,10-11,14-15,17,23-24,27-28,30-31,33,35,37-38,40,45,50-51H,9,12-13,16,18-21H2,1-5H3/t23?,24-,27?,28?,30?,31+,33-,35+,37-,38+,40-,41-,42-/m1/s1. The topological polar surface area (TPSA) is 121 Å². The summed E-state index contributed by atoms with van der Waals surface area (Å²) in [5, 5.41) is 30.5. The van der Waals surface area contributed by atoms with Crippen LogP contribution in [0.15, 0.2) is 59.0 Å². The molecule has 4 heterocycles. The Morgan fingerprint density at radius 3 is 2.49 bits per heavy atom. The maximum atomic E-state index is 14.2. The highest BCUT2D eigenvalue weighted by Crippen LogP contribution is 2.54. The van der Waals surface area contributed by atoms with Gasteiger partial charge in [0.25, 0.3) is 0 Å². The number of thioether (sulfide) groups is 1. The van der Waals surface area contributed by atoms with E-state index in [1.165, 1.54) is 37.0 Å². The van der Waals surface area contributed by atoms with Crippen LogP contribution in [0, 0.1) is 29.5 Å². The van der Waals surface area contributed by atoms with Crippen LogP contribution in [-0.2, 0) is 29.5 Å². The van der Waals surface area contributed by atoms with Crippen LogP contribution in [0.5, 0.6) is 0 Å². The highest BCUT2D eigenvalue weighted by atomic mass is 35.5. The summed E-state index contributed by atoms with van der Waals surface area (Å²) in [5.41, 5.74) is -1.27. The monoisotopic (exact) mass is 797 g/mol. The lowest BCUT2D eigenvalue weighted by Crippen LogP contribution is -2.66. The average Bonchev–Trinajstić information content (AvgIpc) is 3.59. The number of hydroxylamine groups is 1. The van der Waals surface area contributed by atoms with Crippen LogP contribution in [0.4, 0.5) is 10.1 Å². The van der Waals surface area contributed by atoms with Crippen LogP contribution in [0.25, 0.3) is 0 Å². The first-order valence-electron chi connectivity index (χ1n) is 19.8. The molecule has 2 aliphatic carbocycles. The normalized spacial score (nSPS) is 38.7. The predicted octanol–water partition coefficient (Wildman–Crippen LogP) is 6.36. The largest absolute Gasteiger partial charge is 0.454 e. The molecule has 2 aromatic rings. The Bertz CT molecular complexity index is 1820. The Kier molecular flexibility index (Phi) is 10.6. The van der Waals surface area contributed by atoms with Crippen molar-refractivity contribution in [3.63, 3.8) is 0 Å². The van der Waals surface area contributed by atoms with Gasteiger partial charge in [-0.25, -0.2) is 4.39 Å². The molecule has 3 N–H and O–H groups in total. The lowest BCUT2D eigenvalue weighted by atomic mass is 9.55.